The Labute approximate surface area is 111 Å². The first-order valence-corrected chi connectivity index (χ1v) is 6.28. The molecule has 1 aromatic heterocycles. The zero-order valence-electron chi connectivity index (χ0n) is 10.8. The van der Waals surface area contributed by atoms with E-state index in [2.05, 4.69) is 23.8 Å². The molecule has 0 aliphatic carbocycles. The molecule has 0 aliphatic heterocycles. The fourth-order valence-corrected chi connectivity index (χ4v) is 2.29. The number of alkyl halides is 2. The highest BCUT2D eigenvalue weighted by Crippen LogP contribution is 2.18. The van der Waals surface area contributed by atoms with E-state index in [1.165, 1.54) is 0 Å². The minimum atomic E-state index is -2.43. The lowest BCUT2D eigenvalue weighted by Crippen LogP contribution is -2.10. The van der Waals surface area contributed by atoms with Crippen molar-refractivity contribution in [2.45, 2.75) is 39.5 Å². The van der Waals surface area contributed by atoms with Crippen molar-refractivity contribution >= 4 is 12.2 Å². The molecule has 0 bridgehead atoms. The summed E-state index contributed by atoms with van der Waals surface area (Å²) in [6.45, 7) is 5.72. The van der Waals surface area contributed by atoms with Crippen molar-refractivity contribution in [2.75, 3.05) is 13.2 Å². The van der Waals surface area contributed by atoms with Gasteiger partial charge in [-0.2, -0.15) is 0 Å². The first-order valence-electron chi connectivity index (χ1n) is 5.87. The Balaban J connectivity index is 2.66. The topological polar surface area (TPSA) is 37.9 Å². The molecule has 6 heteroatoms. The van der Waals surface area contributed by atoms with E-state index in [4.69, 9.17) is 17.0 Å². The molecule has 1 heterocycles. The van der Waals surface area contributed by atoms with E-state index in [1.54, 1.807) is 0 Å². The second-order valence-electron chi connectivity index (χ2n) is 4.40. The number of hydrogen-bond acceptors (Lipinski definition) is 3. The van der Waals surface area contributed by atoms with Gasteiger partial charge in [0, 0.05) is 17.7 Å². The van der Waals surface area contributed by atoms with Crippen molar-refractivity contribution in [1.82, 2.24) is 9.97 Å². The van der Waals surface area contributed by atoms with Gasteiger partial charge < -0.3 is 9.72 Å². The normalized spacial score (nSPS) is 11.5. The Kier molecular flexibility index (Phi) is 5.81. The second-order valence-corrected chi connectivity index (χ2v) is 4.78. The Morgan fingerprint density at radius 2 is 2.06 bits per heavy atom. The predicted octanol–water partition coefficient (Wildman–Crippen LogP) is 3.40. The van der Waals surface area contributed by atoms with Gasteiger partial charge >= 0.3 is 0 Å². The maximum atomic E-state index is 11.9. The lowest BCUT2D eigenvalue weighted by molar-refractivity contribution is 0.0182. The number of nitrogens with zero attached hydrogens (tertiary/aromatic N) is 1. The van der Waals surface area contributed by atoms with E-state index in [9.17, 15) is 8.78 Å². The van der Waals surface area contributed by atoms with E-state index in [0.717, 1.165) is 11.3 Å². The molecule has 0 aromatic carbocycles. The van der Waals surface area contributed by atoms with E-state index in [-0.39, 0.29) is 6.61 Å². The summed E-state index contributed by atoms with van der Waals surface area (Å²) in [7, 11) is 0. The molecule has 0 saturated heterocycles. The molecule has 102 valence electrons. The largest absolute Gasteiger partial charge is 0.375 e. The summed E-state index contributed by atoms with van der Waals surface area (Å²) in [5.41, 5.74) is 2.01. The SMILES string of the molecule is Cc1[nH]c(CCOCC(F)F)nc(=S)c1C(C)C. The summed E-state index contributed by atoms with van der Waals surface area (Å²) in [4.78, 5) is 7.40. The molecule has 1 aromatic rings. The lowest BCUT2D eigenvalue weighted by atomic mass is 10.0. The number of nitrogens with one attached hydrogen (secondary N) is 1. The average molecular weight is 276 g/mol. The summed E-state index contributed by atoms with van der Waals surface area (Å²) in [6, 6.07) is 0. The molecule has 1 rings (SSSR count). The number of aromatic amines is 1. The molecule has 0 atom stereocenters. The number of aryl methyl sites for hydroxylation is 1. The van der Waals surface area contributed by atoms with Crippen LogP contribution in [-0.2, 0) is 11.2 Å². The van der Waals surface area contributed by atoms with Gasteiger partial charge in [0.2, 0.25) is 0 Å². The Hall–Kier alpha value is -0.880. The zero-order valence-corrected chi connectivity index (χ0v) is 11.6. The second kappa shape index (κ2) is 6.89. The minimum Gasteiger partial charge on any atom is -0.375 e. The molecule has 0 unspecified atom stereocenters. The summed E-state index contributed by atoms with van der Waals surface area (Å²) >= 11 is 5.23. The highest BCUT2D eigenvalue weighted by molar-refractivity contribution is 7.71. The first kappa shape index (κ1) is 15.2. The molecule has 3 nitrogen and oxygen atoms in total. The van der Waals surface area contributed by atoms with Crippen molar-refractivity contribution < 1.29 is 13.5 Å². The Morgan fingerprint density at radius 3 is 2.56 bits per heavy atom. The van der Waals surface area contributed by atoms with Crippen LogP contribution in [0.25, 0.3) is 0 Å². The smallest absolute Gasteiger partial charge is 0.261 e. The Bertz CT molecular complexity index is 446. The van der Waals surface area contributed by atoms with Gasteiger partial charge in [0.05, 0.1) is 6.61 Å². The highest BCUT2D eigenvalue weighted by Gasteiger charge is 2.09. The number of halogens is 2. The van der Waals surface area contributed by atoms with Crippen LogP contribution in [0.2, 0.25) is 0 Å². The van der Waals surface area contributed by atoms with Crippen LogP contribution in [0.15, 0.2) is 0 Å². The van der Waals surface area contributed by atoms with Crippen LogP contribution >= 0.6 is 12.2 Å². The summed E-state index contributed by atoms with van der Waals surface area (Å²) in [5.74, 6) is 0.988. The number of H-pyrrole nitrogens is 1. The van der Waals surface area contributed by atoms with E-state index >= 15 is 0 Å². The maximum absolute atomic E-state index is 11.9. The van der Waals surface area contributed by atoms with Crippen LogP contribution in [-0.4, -0.2) is 29.6 Å². The van der Waals surface area contributed by atoms with Gasteiger partial charge in [0.15, 0.2) is 0 Å². The van der Waals surface area contributed by atoms with Crippen molar-refractivity contribution in [3.63, 3.8) is 0 Å². The fourth-order valence-electron chi connectivity index (χ4n) is 1.79. The molecule has 1 N–H and O–H groups in total. The minimum absolute atomic E-state index is 0.211. The van der Waals surface area contributed by atoms with Crippen molar-refractivity contribution in [2.24, 2.45) is 0 Å². The van der Waals surface area contributed by atoms with Crippen LogP contribution in [0.5, 0.6) is 0 Å². The third kappa shape index (κ3) is 4.42. The monoisotopic (exact) mass is 276 g/mol. The number of ether oxygens (including phenoxy) is 1. The zero-order chi connectivity index (χ0) is 13.7. The van der Waals surface area contributed by atoms with E-state index < -0.39 is 13.0 Å². The first-order chi connectivity index (χ1) is 8.41. The third-order valence-corrected chi connectivity index (χ3v) is 2.82. The molecule has 0 aliphatic rings. The van der Waals surface area contributed by atoms with Crippen LogP contribution in [0.1, 0.15) is 36.8 Å². The standard InChI is InChI=1S/C12H18F2N2OS/c1-7(2)11-8(3)15-10(16-12(11)18)4-5-17-6-9(13)14/h7,9H,4-6H2,1-3H3,(H,15,16,18). The van der Waals surface area contributed by atoms with E-state index in [1.807, 2.05) is 6.92 Å². The molecule has 0 saturated carbocycles. The molecule has 0 spiro atoms. The van der Waals surface area contributed by atoms with Gasteiger partial charge in [0.25, 0.3) is 6.43 Å². The van der Waals surface area contributed by atoms with Gasteiger partial charge in [-0.05, 0) is 12.8 Å². The molecular weight excluding hydrogens is 258 g/mol. The molecular formula is C12H18F2N2OS. The highest BCUT2D eigenvalue weighted by atomic mass is 32.1. The number of aromatic nitrogens is 2. The van der Waals surface area contributed by atoms with Crippen LogP contribution in [0, 0.1) is 11.6 Å². The number of rotatable bonds is 6. The number of hydrogen-bond donors (Lipinski definition) is 1. The van der Waals surface area contributed by atoms with Gasteiger partial charge in [-0.1, -0.05) is 26.1 Å². The lowest BCUT2D eigenvalue weighted by Gasteiger charge is -2.11. The fraction of sp³-hybridized carbons (Fsp3) is 0.667. The summed E-state index contributed by atoms with van der Waals surface area (Å²) < 4.78 is 29.1. The molecule has 18 heavy (non-hydrogen) atoms. The van der Waals surface area contributed by atoms with Crippen LogP contribution in [0.4, 0.5) is 8.78 Å². The third-order valence-electron chi connectivity index (χ3n) is 2.51. The van der Waals surface area contributed by atoms with Crippen molar-refractivity contribution in [1.29, 1.82) is 0 Å². The van der Waals surface area contributed by atoms with E-state index in [0.29, 0.717) is 22.8 Å². The van der Waals surface area contributed by atoms with Crippen LogP contribution < -0.4 is 0 Å². The molecule has 0 fully saturated rings. The van der Waals surface area contributed by atoms with Gasteiger partial charge in [-0.15, -0.1) is 0 Å². The summed E-state index contributed by atoms with van der Waals surface area (Å²) in [6.07, 6.45) is -1.98. The van der Waals surface area contributed by atoms with Crippen molar-refractivity contribution in [3.05, 3.63) is 21.7 Å². The van der Waals surface area contributed by atoms with Gasteiger partial charge in [0.1, 0.15) is 17.1 Å². The van der Waals surface area contributed by atoms with Crippen molar-refractivity contribution in [3.8, 4) is 0 Å². The molecule has 0 radical (unpaired) electrons. The van der Waals surface area contributed by atoms with Gasteiger partial charge in [-0.25, -0.2) is 13.8 Å². The maximum Gasteiger partial charge on any atom is 0.261 e. The van der Waals surface area contributed by atoms with Crippen LogP contribution in [0.3, 0.4) is 0 Å². The van der Waals surface area contributed by atoms with Gasteiger partial charge in [-0.3, -0.25) is 0 Å². The predicted molar refractivity (Wildman–Crippen MR) is 68.8 cm³/mol. The average Bonchev–Trinajstić information content (AvgIpc) is 2.22. The molecule has 0 amide bonds. The Morgan fingerprint density at radius 1 is 1.39 bits per heavy atom. The quantitative estimate of drug-likeness (QED) is 0.639. The summed E-state index contributed by atoms with van der Waals surface area (Å²) in [5, 5.41) is 0.